The molecule has 0 amide bonds. The fourth-order valence-electron chi connectivity index (χ4n) is 2.09. The maximum atomic E-state index is 5.89. The van der Waals surface area contributed by atoms with E-state index in [4.69, 9.17) is 9.31 Å². The Balaban J connectivity index is 2.43. The number of aromatic nitrogens is 1. The topological polar surface area (TPSA) is 31.4 Å². The van der Waals surface area contributed by atoms with Crippen LogP contribution in [0, 0.1) is 0 Å². The van der Waals surface area contributed by atoms with Crippen LogP contribution in [-0.2, 0) is 14.9 Å². The Morgan fingerprint density at radius 3 is 2.47 bits per heavy atom. The molecule has 1 fully saturated rings. The Hall–Kier alpha value is -0.865. The summed E-state index contributed by atoms with van der Waals surface area (Å²) in [5.41, 5.74) is 0.287. The van der Waals surface area contributed by atoms with Crippen molar-refractivity contribution in [3.63, 3.8) is 0 Å². The van der Waals surface area contributed by atoms with Gasteiger partial charge in [0.25, 0.3) is 0 Å². The minimum atomic E-state index is -0.430. The first-order chi connectivity index (χ1) is 6.96. The fourth-order valence-corrected chi connectivity index (χ4v) is 2.09. The second kappa shape index (κ2) is 3.32. The standard InChI is InChI=1S/C11H16BNO2/c1-10(2)11(3,15-12(4)14-10)9-6-5-7-13-8-9/h5-8H,1-4H3. The summed E-state index contributed by atoms with van der Waals surface area (Å²) in [4.78, 5) is 4.13. The first kappa shape index (κ1) is 10.6. The van der Waals surface area contributed by atoms with Crippen LogP contribution in [0.4, 0.5) is 0 Å². The predicted octanol–water partition coefficient (Wildman–Crippen LogP) is 2.24. The number of nitrogens with zero attached hydrogens (tertiary/aromatic N) is 1. The number of rotatable bonds is 1. The summed E-state index contributed by atoms with van der Waals surface area (Å²) in [7, 11) is -0.176. The van der Waals surface area contributed by atoms with Crippen molar-refractivity contribution in [2.45, 2.75) is 38.8 Å². The van der Waals surface area contributed by atoms with Crippen molar-refractivity contribution < 1.29 is 9.31 Å². The van der Waals surface area contributed by atoms with Crippen LogP contribution in [0.3, 0.4) is 0 Å². The molecule has 2 rings (SSSR count). The Labute approximate surface area is 91.0 Å². The van der Waals surface area contributed by atoms with Crippen molar-refractivity contribution in [2.75, 3.05) is 0 Å². The monoisotopic (exact) mass is 205 g/mol. The highest BCUT2D eigenvalue weighted by Gasteiger charge is 2.53. The SMILES string of the molecule is CB1OC(C)(C)C(C)(c2cccnc2)O1. The summed E-state index contributed by atoms with van der Waals surface area (Å²) in [5.74, 6) is 0. The smallest absolute Gasteiger partial charge is 0.403 e. The van der Waals surface area contributed by atoms with E-state index in [9.17, 15) is 0 Å². The van der Waals surface area contributed by atoms with E-state index in [1.54, 1.807) is 6.20 Å². The molecule has 0 aromatic carbocycles. The van der Waals surface area contributed by atoms with Crippen molar-refractivity contribution in [3.8, 4) is 0 Å². The first-order valence-corrected chi connectivity index (χ1v) is 5.22. The lowest BCUT2D eigenvalue weighted by Crippen LogP contribution is -2.42. The molecule has 1 atom stereocenters. The Bertz CT molecular complexity index is 355. The van der Waals surface area contributed by atoms with E-state index in [0.717, 1.165) is 5.56 Å². The minimum Gasteiger partial charge on any atom is -0.403 e. The largest absolute Gasteiger partial charge is 0.454 e. The average molecular weight is 205 g/mol. The minimum absolute atomic E-state index is 0.176. The highest BCUT2D eigenvalue weighted by molar-refractivity contribution is 6.43. The number of pyridine rings is 1. The van der Waals surface area contributed by atoms with E-state index in [1.165, 1.54) is 0 Å². The van der Waals surface area contributed by atoms with Crippen molar-refractivity contribution in [2.24, 2.45) is 0 Å². The van der Waals surface area contributed by atoms with Gasteiger partial charge < -0.3 is 9.31 Å². The molecular formula is C11H16BNO2. The van der Waals surface area contributed by atoms with Gasteiger partial charge in [-0.25, -0.2) is 0 Å². The molecule has 1 unspecified atom stereocenters. The molecule has 15 heavy (non-hydrogen) atoms. The average Bonchev–Trinajstić information content (AvgIpc) is 2.38. The van der Waals surface area contributed by atoms with E-state index in [0.29, 0.717) is 0 Å². The molecule has 0 saturated carbocycles. The molecule has 0 N–H and O–H groups in total. The number of hydrogen-bond acceptors (Lipinski definition) is 3. The summed E-state index contributed by atoms with van der Waals surface area (Å²) in [6.45, 7) is 8.06. The summed E-state index contributed by atoms with van der Waals surface area (Å²) >= 11 is 0. The third-order valence-electron chi connectivity index (χ3n) is 3.22. The van der Waals surface area contributed by atoms with E-state index in [1.807, 2.05) is 45.9 Å². The van der Waals surface area contributed by atoms with E-state index in [-0.39, 0.29) is 12.7 Å². The first-order valence-electron chi connectivity index (χ1n) is 5.22. The van der Waals surface area contributed by atoms with E-state index < -0.39 is 5.60 Å². The highest BCUT2D eigenvalue weighted by Crippen LogP contribution is 2.44. The van der Waals surface area contributed by atoms with Gasteiger partial charge in [-0.2, -0.15) is 0 Å². The summed E-state index contributed by atoms with van der Waals surface area (Å²) < 4.78 is 11.7. The lowest BCUT2D eigenvalue weighted by atomic mass is 9.82. The van der Waals surface area contributed by atoms with Crippen LogP contribution in [0.5, 0.6) is 0 Å². The molecule has 0 aliphatic carbocycles. The van der Waals surface area contributed by atoms with Crippen molar-refractivity contribution >= 4 is 7.12 Å². The molecule has 4 heteroatoms. The molecule has 1 aliphatic heterocycles. The zero-order valence-corrected chi connectivity index (χ0v) is 9.65. The van der Waals surface area contributed by atoms with Gasteiger partial charge in [-0.15, -0.1) is 0 Å². The molecule has 0 bridgehead atoms. The second-order valence-corrected chi connectivity index (χ2v) is 4.59. The van der Waals surface area contributed by atoms with Crippen molar-refractivity contribution in [1.82, 2.24) is 4.98 Å². The van der Waals surface area contributed by atoms with Crippen molar-refractivity contribution in [1.29, 1.82) is 0 Å². The summed E-state index contributed by atoms with van der Waals surface area (Å²) in [6, 6.07) is 3.94. The van der Waals surface area contributed by atoms with Crippen LogP contribution in [0.15, 0.2) is 24.5 Å². The van der Waals surface area contributed by atoms with Gasteiger partial charge in [0.05, 0.1) is 5.60 Å². The number of hydrogen-bond donors (Lipinski definition) is 0. The van der Waals surface area contributed by atoms with Gasteiger partial charge in [0, 0.05) is 18.0 Å². The molecule has 1 aliphatic rings. The van der Waals surface area contributed by atoms with Crippen LogP contribution in [0.1, 0.15) is 26.3 Å². The maximum Gasteiger partial charge on any atom is 0.454 e. The summed E-state index contributed by atoms with van der Waals surface area (Å²) in [6.07, 6.45) is 3.60. The Morgan fingerprint density at radius 2 is 2.00 bits per heavy atom. The van der Waals surface area contributed by atoms with Gasteiger partial charge >= 0.3 is 7.12 Å². The molecule has 2 heterocycles. The normalized spacial score (nSPS) is 29.5. The lowest BCUT2D eigenvalue weighted by molar-refractivity contribution is -0.0136. The molecule has 3 nitrogen and oxygen atoms in total. The lowest BCUT2D eigenvalue weighted by Gasteiger charge is -2.36. The maximum absolute atomic E-state index is 5.89. The van der Waals surface area contributed by atoms with Gasteiger partial charge in [0.1, 0.15) is 5.60 Å². The van der Waals surface area contributed by atoms with Gasteiger partial charge in [-0.3, -0.25) is 4.98 Å². The zero-order valence-electron chi connectivity index (χ0n) is 9.65. The molecule has 80 valence electrons. The summed E-state index contributed by atoms with van der Waals surface area (Å²) in [5, 5.41) is 0. The second-order valence-electron chi connectivity index (χ2n) is 4.59. The van der Waals surface area contributed by atoms with Crippen LogP contribution >= 0.6 is 0 Å². The quantitative estimate of drug-likeness (QED) is 0.658. The molecule has 0 radical (unpaired) electrons. The van der Waals surface area contributed by atoms with Crippen LogP contribution < -0.4 is 0 Å². The van der Waals surface area contributed by atoms with Gasteiger partial charge in [-0.05, 0) is 33.7 Å². The Morgan fingerprint density at radius 1 is 1.27 bits per heavy atom. The molecular weight excluding hydrogens is 189 g/mol. The molecule has 1 saturated heterocycles. The van der Waals surface area contributed by atoms with Gasteiger partial charge in [0.15, 0.2) is 0 Å². The Kier molecular flexibility index (Phi) is 2.36. The molecule has 0 spiro atoms. The zero-order chi connectivity index (χ0) is 11.1. The third kappa shape index (κ3) is 1.58. The van der Waals surface area contributed by atoms with Gasteiger partial charge in [-0.1, -0.05) is 6.07 Å². The van der Waals surface area contributed by atoms with E-state index >= 15 is 0 Å². The van der Waals surface area contributed by atoms with Crippen LogP contribution in [0.25, 0.3) is 0 Å². The fraction of sp³-hybridized carbons (Fsp3) is 0.545. The van der Waals surface area contributed by atoms with E-state index in [2.05, 4.69) is 4.98 Å². The van der Waals surface area contributed by atoms with Crippen LogP contribution in [0.2, 0.25) is 6.82 Å². The molecule has 1 aromatic rings. The predicted molar refractivity (Wildman–Crippen MR) is 59.5 cm³/mol. The highest BCUT2D eigenvalue weighted by atomic mass is 16.7. The third-order valence-corrected chi connectivity index (χ3v) is 3.22. The van der Waals surface area contributed by atoms with Crippen LogP contribution in [-0.4, -0.2) is 17.7 Å². The van der Waals surface area contributed by atoms with Crippen molar-refractivity contribution in [3.05, 3.63) is 30.1 Å². The van der Waals surface area contributed by atoms with Gasteiger partial charge in [0.2, 0.25) is 0 Å². The molecule has 1 aromatic heterocycles.